The standard InChI is InChI=1S/C11H12O/c1-3-11(12,4-2)10-8-6-5-7-9-10/h1,5-9,12H,4H2,2H3/t11-/m1/s1. The molecular formula is C11H12O. The maximum Gasteiger partial charge on any atom is 0.150 e. The summed E-state index contributed by atoms with van der Waals surface area (Å²) in [6, 6.07) is 9.31. The fourth-order valence-electron chi connectivity index (χ4n) is 1.10. The molecule has 0 unspecified atom stereocenters. The van der Waals surface area contributed by atoms with Crippen molar-refractivity contribution in [2.45, 2.75) is 18.9 Å². The fraction of sp³-hybridized carbons (Fsp3) is 0.273. The van der Waals surface area contributed by atoms with Gasteiger partial charge in [-0.25, -0.2) is 0 Å². The van der Waals surface area contributed by atoms with Crippen molar-refractivity contribution in [3.05, 3.63) is 35.9 Å². The van der Waals surface area contributed by atoms with Crippen LogP contribution in [0.3, 0.4) is 0 Å². The van der Waals surface area contributed by atoms with E-state index in [0.29, 0.717) is 6.42 Å². The lowest BCUT2D eigenvalue weighted by atomic mass is 9.92. The van der Waals surface area contributed by atoms with E-state index in [1.165, 1.54) is 0 Å². The van der Waals surface area contributed by atoms with Gasteiger partial charge in [-0.15, -0.1) is 6.42 Å². The molecule has 12 heavy (non-hydrogen) atoms. The van der Waals surface area contributed by atoms with Gasteiger partial charge in [-0.3, -0.25) is 0 Å². The Balaban J connectivity index is 3.06. The first-order valence-electron chi connectivity index (χ1n) is 3.98. The Labute approximate surface area is 73.0 Å². The molecule has 1 rings (SSSR count). The van der Waals surface area contributed by atoms with Gasteiger partial charge in [-0.2, -0.15) is 0 Å². The summed E-state index contributed by atoms with van der Waals surface area (Å²) in [5.74, 6) is 2.40. The minimum atomic E-state index is -1.10. The Bertz CT molecular complexity index is 284. The number of hydrogen-bond acceptors (Lipinski definition) is 1. The van der Waals surface area contributed by atoms with Crippen LogP contribution in [0.4, 0.5) is 0 Å². The highest BCUT2D eigenvalue weighted by molar-refractivity contribution is 5.29. The number of terminal acetylenes is 1. The van der Waals surface area contributed by atoms with Gasteiger partial charge in [-0.05, 0) is 12.0 Å². The molecular weight excluding hydrogens is 148 g/mol. The molecule has 1 nitrogen and oxygen atoms in total. The first kappa shape index (κ1) is 8.83. The molecule has 1 aromatic carbocycles. The van der Waals surface area contributed by atoms with Crippen LogP contribution in [0.15, 0.2) is 30.3 Å². The van der Waals surface area contributed by atoms with Crippen molar-refractivity contribution >= 4 is 0 Å². The smallest absolute Gasteiger partial charge is 0.150 e. The SMILES string of the molecule is C#C[C@@](O)(CC)c1ccccc1. The van der Waals surface area contributed by atoms with Gasteiger partial charge in [0.05, 0.1) is 0 Å². The molecule has 0 spiro atoms. The number of benzene rings is 1. The first-order chi connectivity index (χ1) is 5.73. The Morgan fingerprint density at radius 3 is 2.42 bits per heavy atom. The predicted molar refractivity (Wildman–Crippen MR) is 49.5 cm³/mol. The van der Waals surface area contributed by atoms with Crippen molar-refractivity contribution in [1.29, 1.82) is 0 Å². The third kappa shape index (κ3) is 1.49. The summed E-state index contributed by atoms with van der Waals surface area (Å²) in [4.78, 5) is 0. The Kier molecular flexibility index (Phi) is 2.52. The summed E-state index contributed by atoms with van der Waals surface area (Å²) in [7, 11) is 0. The lowest BCUT2D eigenvalue weighted by Gasteiger charge is -2.20. The summed E-state index contributed by atoms with van der Waals surface area (Å²) in [5.41, 5.74) is -0.309. The summed E-state index contributed by atoms with van der Waals surface area (Å²) in [5, 5.41) is 9.86. The molecule has 0 fully saturated rings. The van der Waals surface area contributed by atoms with Crippen LogP contribution in [0.5, 0.6) is 0 Å². The Morgan fingerprint density at radius 2 is 2.00 bits per heavy atom. The van der Waals surface area contributed by atoms with Crippen molar-refractivity contribution in [3.63, 3.8) is 0 Å². The number of rotatable bonds is 2. The molecule has 1 aromatic rings. The van der Waals surface area contributed by atoms with Gasteiger partial charge in [0.15, 0.2) is 0 Å². The van der Waals surface area contributed by atoms with Crippen LogP contribution in [0.1, 0.15) is 18.9 Å². The third-order valence-electron chi connectivity index (χ3n) is 2.00. The molecule has 0 radical (unpaired) electrons. The highest BCUT2D eigenvalue weighted by Crippen LogP contribution is 2.22. The molecule has 0 amide bonds. The lowest BCUT2D eigenvalue weighted by Crippen LogP contribution is -2.21. The van der Waals surface area contributed by atoms with Crippen molar-refractivity contribution in [3.8, 4) is 12.3 Å². The molecule has 1 heteroatoms. The second-order valence-corrected chi connectivity index (χ2v) is 2.72. The van der Waals surface area contributed by atoms with E-state index in [4.69, 9.17) is 6.42 Å². The zero-order chi connectivity index (χ0) is 9.03. The number of aliphatic hydroxyl groups is 1. The highest BCUT2D eigenvalue weighted by Gasteiger charge is 2.22. The second-order valence-electron chi connectivity index (χ2n) is 2.72. The quantitative estimate of drug-likeness (QED) is 0.655. The molecule has 0 aromatic heterocycles. The van der Waals surface area contributed by atoms with E-state index in [2.05, 4.69) is 5.92 Å². The van der Waals surface area contributed by atoms with E-state index in [9.17, 15) is 5.11 Å². The summed E-state index contributed by atoms with van der Waals surface area (Å²) >= 11 is 0. The second kappa shape index (κ2) is 3.42. The van der Waals surface area contributed by atoms with Gasteiger partial charge in [0.2, 0.25) is 0 Å². The van der Waals surface area contributed by atoms with E-state index in [0.717, 1.165) is 5.56 Å². The van der Waals surface area contributed by atoms with Crippen molar-refractivity contribution < 1.29 is 5.11 Å². The Morgan fingerprint density at radius 1 is 1.42 bits per heavy atom. The van der Waals surface area contributed by atoms with E-state index < -0.39 is 5.60 Å². The van der Waals surface area contributed by atoms with Crippen LogP contribution in [0.25, 0.3) is 0 Å². The summed E-state index contributed by atoms with van der Waals surface area (Å²) < 4.78 is 0. The largest absolute Gasteiger partial charge is 0.373 e. The van der Waals surface area contributed by atoms with Gasteiger partial charge >= 0.3 is 0 Å². The predicted octanol–water partition coefficient (Wildman–Crippen LogP) is 1.92. The minimum absolute atomic E-state index is 0.535. The number of hydrogen-bond donors (Lipinski definition) is 1. The molecule has 0 aliphatic heterocycles. The summed E-state index contributed by atoms with van der Waals surface area (Å²) in [6.07, 6.45) is 5.78. The van der Waals surface area contributed by atoms with Crippen molar-refractivity contribution in [2.75, 3.05) is 0 Å². The Hall–Kier alpha value is -1.26. The molecule has 1 atom stereocenters. The van der Waals surface area contributed by atoms with E-state index in [-0.39, 0.29) is 0 Å². The average Bonchev–Trinajstić information content (AvgIpc) is 2.18. The molecule has 0 heterocycles. The fourth-order valence-corrected chi connectivity index (χ4v) is 1.10. The lowest BCUT2D eigenvalue weighted by molar-refractivity contribution is 0.0961. The molecule has 0 aliphatic carbocycles. The molecule has 1 N–H and O–H groups in total. The molecule has 62 valence electrons. The van der Waals surface area contributed by atoms with Gasteiger partial charge in [-0.1, -0.05) is 43.2 Å². The van der Waals surface area contributed by atoms with E-state index in [1.54, 1.807) is 0 Å². The van der Waals surface area contributed by atoms with Crippen LogP contribution in [-0.2, 0) is 5.60 Å². The van der Waals surface area contributed by atoms with Crippen molar-refractivity contribution in [2.24, 2.45) is 0 Å². The third-order valence-corrected chi connectivity index (χ3v) is 2.00. The van der Waals surface area contributed by atoms with Crippen LogP contribution < -0.4 is 0 Å². The van der Waals surface area contributed by atoms with Crippen LogP contribution in [0, 0.1) is 12.3 Å². The van der Waals surface area contributed by atoms with Crippen LogP contribution in [0.2, 0.25) is 0 Å². The van der Waals surface area contributed by atoms with Gasteiger partial charge in [0.1, 0.15) is 5.60 Å². The van der Waals surface area contributed by atoms with Gasteiger partial charge < -0.3 is 5.11 Å². The zero-order valence-electron chi connectivity index (χ0n) is 7.12. The van der Waals surface area contributed by atoms with Crippen LogP contribution >= 0.6 is 0 Å². The van der Waals surface area contributed by atoms with E-state index >= 15 is 0 Å². The van der Waals surface area contributed by atoms with Crippen molar-refractivity contribution in [1.82, 2.24) is 0 Å². The minimum Gasteiger partial charge on any atom is -0.373 e. The zero-order valence-corrected chi connectivity index (χ0v) is 7.12. The highest BCUT2D eigenvalue weighted by atomic mass is 16.3. The maximum atomic E-state index is 9.86. The monoisotopic (exact) mass is 160 g/mol. The van der Waals surface area contributed by atoms with Gasteiger partial charge in [0.25, 0.3) is 0 Å². The molecule has 0 aliphatic rings. The normalized spacial score (nSPS) is 14.8. The topological polar surface area (TPSA) is 20.2 Å². The molecule has 0 bridgehead atoms. The average molecular weight is 160 g/mol. The first-order valence-corrected chi connectivity index (χ1v) is 3.98. The molecule has 0 saturated carbocycles. The molecule has 0 saturated heterocycles. The van der Waals surface area contributed by atoms with E-state index in [1.807, 2.05) is 37.3 Å². The maximum absolute atomic E-state index is 9.86. The van der Waals surface area contributed by atoms with Crippen LogP contribution in [-0.4, -0.2) is 5.11 Å². The van der Waals surface area contributed by atoms with Gasteiger partial charge in [0, 0.05) is 0 Å². The summed E-state index contributed by atoms with van der Waals surface area (Å²) in [6.45, 7) is 1.87.